The summed E-state index contributed by atoms with van der Waals surface area (Å²) in [6, 6.07) is 4.02. The van der Waals surface area contributed by atoms with E-state index in [-0.39, 0.29) is 38.9 Å². The Morgan fingerprint density at radius 1 is 1.16 bits per heavy atom. The first-order valence-electron chi connectivity index (χ1n) is 13.9. The van der Waals surface area contributed by atoms with E-state index in [0.717, 1.165) is 26.1 Å². The second-order valence-corrected chi connectivity index (χ2v) is 10.8. The van der Waals surface area contributed by atoms with Crippen molar-refractivity contribution < 1.29 is 43.5 Å². The fourth-order valence-corrected chi connectivity index (χ4v) is 5.29. The topological polar surface area (TPSA) is 193 Å². The van der Waals surface area contributed by atoms with Crippen LogP contribution < -0.4 is 20.8 Å². The van der Waals surface area contributed by atoms with E-state index < -0.39 is 54.5 Å². The van der Waals surface area contributed by atoms with Crippen molar-refractivity contribution in [3.8, 4) is 17.2 Å². The van der Waals surface area contributed by atoms with E-state index >= 15 is 0 Å². The maximum atomic E-state index is 13.0. The van der Waals surface area contributed by atoms with Crippen LogP contribution >= 0.6 is 11.6 Å². The molecule has 2 fully saturated rings. The molecule has 2 saturated heterocycles. The number of carbonyl (C=O) groups excluding carboxylic acids is 2. The fraction of sp³-hybridized carbons (Fsp3) is 0.500. The first-order chi connectivity index (χ1) is 20.6. The Kier molecular flexibility index (Phi) is 9.76. The lowest BCUT2D eigenvalue weighted by atomic mass is 9.97. The van der Waals surface area contributed by atoms with Gasteiger partial charge >= 0.3 is 0 Å². The lowest BCUT2D eigenvalue weighted by Gasteiger charge is -2.42. The number of morpholine rings is 1. The SMILES string of the molecule is CC(=O)NC1[C@H](Oc2cc3oc4cc(=O)cc(C(=O)NCCCN5CCOCC5)c-4nc3cc2Cl)OC(CO)[C@H](O)[C@@H]1O. The summed E-state index contributed by atoms with van der Waals surface area (Å²) < 4.78 is 22.8. The minimum atomic E-state index is -1.52. The predicted molar refractivity (Wildman–Crippen MR) is 152 cm³/mol. The highest BCUT2D eigenvalue weighted by Gasteiger charge is 2.46. The molecule has 1 aliphatic carbocycles. The van der Waals surface area contributed by atoms with E-state index in [9.17, 15) is 29.7 Å². The average Bonchev–Trinajstić information content (AvgIpc) is 2.98. The molecule has 0 bridgehead atoms. The largest absolute Gasteiger partial charge is 0.461 e. The van der Waals surface area contributed by atoms with Crippen molar-refractivity contribution in [1.29, 1.82) is 0 Å². The minimum absolute atomic E-state index is 0.0104. The van der Waals surface area contributed by atoms with Crippen LogP contribution in [0.4, 0.5) is 0 Å². The van der Waals surface area contributed by atoms with Crippen molar-refractivity contribution in [3.05, 3.63) is 45.1 Å². The third-order valence-corrected chi connectivity index (χ3v) is 7.59. The zero-order valence-corrected chi connectivity index (χ0v) is 24.1. The number of benzene rings is 2. The van der Waals surface area contributed by atoms with E-state index in [2.05, 4.69) is 20.5 Å². The van der Waals surface area contributed by atoms with Crippen molar-refractivity contribution in [2.24, 2.45) is 0 Å². The number of hydrogen-bond acceptors (Lipinski definition) is 12. The number of rotatable bonds is 9. The van der Waals surface area contributed by atoms with Gasteiger partial charge in [-0.25, -0.2) is 4.98 Å². The van der Waals surface area contributed by atoms with Gasteiger partial charge in [0.15, 0.2) is 16.8 Å². The second kappa shape index (κ2) is 13.5. The molecule has 0 saturated carbocycles. The molecule has 3 aliphatic heterocycles. The standard InChI is InChI=1S/C28H33ClN4O10/c1-14(35)31-24-26(38)25(37)22(13-34)43-28(24)42-19-12-20-18(11-17(19)29)32-23-16(9-15(36)10-21(23)41-20)27(39)30-3-2-4-33-5-7-40-8-6-33/h9-12,22,24-26,28,34,37-38H,2-8,13H2,1H3,(H,30,39)(H,31,35)/t22?,24?,25-,26+,28+/m0/s1. The van der Waals surface area contributed by atoms with Crippen molar-refractivity contribution in [2.75, 3.05) is 46.0 Å². The molecule has 232 valence electrons. The van der Waals surface area contributed by atoms with Gasteiger partial charge in [-0.05, 0) is 19.0 Å². The van der Waals surface area contributed by atoms with Crippen LogP contribution in [0.25, 0.3) is 22.6 Å². The lowest BCUT2D eigenvalue weighted by Crippen LogP contribution is -2.65. The van der Waals surface area contributed by atoms with E-state index in [4.69, 9.17) is 30.2 Å². The van der Waals surface area contributed by atoms with Gasteiger partial charge < -0.3 is 44.6 Å². The van der Waals surface area contributed by atoms with Gasteiger partial charge in [-0.1, -0.05) is 11.6 Å². The summed E-state index contributed by atoms with van der Waals surface area (Å²) in [7, 11) is 0. The number of carbonyl (C=O) groups is 2. The highest BCUT2D eigenvalue weighted by Crippen LogP contribution is 2.35. The summed E-state index contributed by atoms with van der Waals surface area (Å²) in [6.07, 6.45) is -4.83. The number of amides is 2. The molecule has 43 heavy (non-hydrogen) atoms. The molecule has 0 radical (unpaired) electrons. The Bertz CT molecular complexity index is 1500. The van der Waals surface area contributed by atoms with E-state index in [0.29, 0.717) is 19.8 Å². The van der Waals surface area contributed by atoms with Gasteiger partial charge in [-0.15, -0.1) is 0 Å². The molecule has 2 amide bonds. The summed E-state index contributed by atoms with van der Waals surface area (Å²) in [5.41, 5.74) is 0.203. The van der Waals surface area contributed by atoms with Crippen molar-refractivity contribution in [3.63, 3.8) is 0 Å². The summed E-state index contributed by atoms with van der Waals surface area (Å²) >= 11 is 6.49. The van der Waals surface area contributed by atoms with Crippen LogP contribution in [0, 0.1) is 0 Å². The zero-order valence-electron chi connectivity index (χ0n) is 23.3. The number of aliphatic hydroxyl groups is 3. The Balaban J connectivity index is 1.38. The molecule has 1 aromatic carbocycles. The number of ether oxygens (including phenoxy) is 3. The molecule has 5 N–H and O–H groups in total. The molecule has 0 aromatic heterocycles. The number of aromatic nitrogens is 1. The number of fused-ring (bicyclic) bond motifs is 2. The Hall–Kier alpha value is -3.37. The Morgan fingerprint density at radius 3 is 2.65 bits per heavy atom. The van der Waals surface area contributed by atoms with Crippen LogP contribution in [0.3, 0.4) is 0 Å². The van der Waals surface area contributed by atoms with E-state index in [1.165, 1.54) is 31.2 Å². The molecule has 5 rings (SSSR count). The maximum Gasteiger partial charge on any atom is 0.253 e. The van der Waals surface area contributed by atoms with Gasteiger partial charge in [0.2, 0.25) is 12.2 Å². The Morgan fingerprint density at radius 2 is 1.93 bits per heavy atom. The molecule has 2 unspecified atom stereocenters. The Labute approximate surface area is 250 Å². The molecule has 3 heterocycles. The van der Waals surface area contributed by atoms with Crippen molar-refractivity contribution in [2.45, 2.75) is 44.0 Å². The van der Waals surface area contributed by atoms with Gasteiger partial charge in [0.25, 0.3) is 5.91 Å². The van der Waals surface area contributed by atoms with Gasteiger partial charge in [-0.2, -0.15) is 0 Å². The average molecular weight is 621 g/mol. The van der Waals surface area contributed by atoms with Crippen LogP contribution in [0.5, 0.6) is 5.75 Å². The summed E-state index contributed by atoms with van der Waals surface area (Å²) in [4.78, 5) is 44.0. The number of nitrogens with zero attached hydrogens (tertiary/aromatic N) is 2. The summed E-state index contributed by atoms with van der Waals surface area (Å²) in [5.74, 6) is -0.904. The van der Waals surface area contributed by atoms with Crippen LogP contribution in [-0.4, -0.2) is 114 Å². The zero-order chi connectivity index (χ0) is 30.7. The normalized spacial score (nSPS) is 24.6. The molecule has 1 aromatic rings. The number of nitrogens with one attached hydrogen (secondary N) is 2. The molecule has 15 heteroatoms. The number of hydrogen-bond donors (Lipinski definition) is 5. The van der Waals surface area contributed by atoms with Crippen LogP contribution in [0.1, 0.15) is 23.7 Å². The fourth-order valence-electron chi connectivity index (χ4n) is 5.09. The predicted octanol–water partition coefficient (Wildman–Crippen LogP) is -0.279. The van der Waals surface area contributed by atoms with Crippen molar-refractivity contribution >= 4 is 34.5 Å². The lowest BCUT2D eigenvalue weighted by molar-refractivity contribution is -0.244. The molecular weight excluding hydrogens is 588 g/mol. The maximum absolute atomic E-state index is 13.0. The third-order valence-electron chi connectivity index (χ3n) is 7.29. The molecule has 5 atom stereocenters. The van der Waals surface area contributed by atoms with Crippen molar-refractivity contribution in [1.82, 2.24) is 20.5 Å². The van der Waals surface area contributed by atoms with Gasteiger partial charge in [0.1, 0.15) is 41.3 Å². The molecular formula is C28H33ClN4O10. The molecule has 0 spiro atoms. The number of aliphatic hydroxyl groups excluding tert-OH is 3. The van der Waals surface area contributed by atoms with Crippen LogP contribution in [0.15, 0.2) is 33.5 Å². The summed E-state index contributed by atoms with van der Waals surface area (Å²) in [5, 5.41) is 35.7. The second-order valence-electron chi connectivity index (χ2n) is 10.4. The van der Waals surface area contributed by atoms with Crippen LogP contribution in [-0.2, 0) is 14.3 Å². The number of halogens is 1. The highest BCUT2D eigenvalue weighted by atomic mass is 35.5. The van der Waals surface area contributed by atoms with Gasteiger partial charge in [0, 0.05) is 44.8 Å². The monoisotopic (exact) mass is 620 g/mol. The molecule has 4 aliphatic rings. The van der Waals surface area contributed by atoms with Gasteiger partial charge in [0.05, 0.1) is 30.4 Å². The van der Waals surface area contributed by atoms with E-state index in [1.807, 2.05) is 0 Å². The first kappa shape index (κ1) is 31.1. The minimum Gasteiger partial charge on any atom is -0.461 e. The van der Waals surface area contributed by atoms with Crippen LogP contribution in [0.2, 0.25) is 5.02 Å². The quantitative estimate of drug-likeness (QED) is 0.155. The highest BCUT2D eigenvalue weighted by molar-refractivity contribution is 6.32. The smallest absolute Gasteiger partial charge is 0.253 e. The van der Waals surface area contributed by atoms with Gasteiger partial charge in [-0.3, -0.25) is 19.3 Å². The molecule has 14 nitrogen and oxygen atoms in total. The third kappa shape index (κ3) is 7.07. The first-order valence-corrected chi connectivity index (χ1v) is 14.2. The van der Waals surface area contributed by atoms with E-state index in [1.54, 1.807) is 0 Å². The summed E-state index contributed by atoms with van der Waals surface area (Å²) in [6.45, 7) is 4.90.